The van der Waals surface area contributed by atoms with Gasteiger partial charge in [-0.15, -0.1) is 0 Å². The van der Waals surface area contributed by atoms with Crippen molar-refractivity contribution in [2.24, 2.45) is 0 Å². The smallest absolute Gasteiger partial charge is 0.325 e. The third-order valence-electron chi connectivity index (χ3n) is 3.75. The zero-order valence-corrected chi connectivity index (χ0v) is 13.8. The molecule has 2 aromatic heterocycles. The highest BCUT2D eigenvalue weighted by atomic mass is 35.5. The van der Waals surface area contributed by atoms with E-state index in [9.17, 15) is 15.2 Å². The van der Waals surface area contributed by atoms with Gasteiger partial charge in [0.05, 0.1) is 30.0 Å². The molecule has 2 aromatic rings. The number of ether oxygens (including phenoxy) is 1. The molecule has 1 aliphatic heterocycles. The fourth-order valence-electron chi connectivity index (χ4n) is 2.59. The summed E-state index contributed by atoms with van der Waals surface area (Å²) in [6.45, 7) is 3.76. The molecule has 0 spiro atoms. The van der Waals surface area contributed by atoms with E-state index in [1.165, 1.54) is 0 Å². The highest BCUT2D eigenvalue weighted by molar-refractivity contribution is 7.14. The van der Waals surface area contributed by atoms with Crippen molar-refractivity contribution in [1.82, 2.24) is 9.36 Å². The van der Waals surface area contributed by atoms with Gasteiger partial charge in [0.15, 0.2) is 11.1 Å². The highest BCUT2D eigenvalue weighted by Gasteiger charge is 2.28. The standard InChI is InChI=1S/C14H13ClN4O3S/c1-7-6-22-3-2-19(7)10-4-8(9(5-16)14(20)21)12-11(17-10)13(15)18-23-12/h4,7,9H,2-3,6H2,1H3,(H,20,21)/t7-,9?/m1/s1. The zero-order valence-electron chi connectivity index (χ0n) is 12.2. The molecule has 120 valence electrons. The van der Waals surface area contributed by atoms with Crippen molar-refractivity contribution in [3.63, 3.8) is 0 Å². The predicted octanol–water partition coefficient (Wildman–Crippen LogP) is 2.26. The minimum absolute atomic E-state index is 0.0947. The molecule has 1 N–H and O–H groups in total. The van der Waals surface area contributed by atoms with Crippen molar-refractivity contribution in [3.05, 3.63) is 16.8 Å². The Morgan fingerprint density at radius 2 is 2.48 bits per heavy atom. The second-order valence-corrected chi connectivity index (χ2v) is 6.37. The molecule has 1 saturated heterocycles. The second-order valence-electron chi connectivity index (χ2n) is 5.24. The average molecular weight is 353 g/mol. The van der Waals surface area contributed by atoms with Gasteiger partial charge in [0.25, 0.3) is 0 Å². The van der Waals surface area contributed by atoms with Crippen LogP contribution in [0.2, 0.25) is 5.15 Å². The highest BCUT2D eigenvalue weighted by Crippen LogP contribution is 2.35. The van der Waals surface area contributed by atoms with E-state index in [2.05, 4.69) is 9.36 Å². The van der Waals surface area contributed by atoms with E-state index in [1.54, 1.807) is 6.07 Å². The molecule has 0 amide bonds. The number of carboxylic acid groups (broad SMARTS) is 1. The van der Waals surface area contributed by atoms with Gasteiger partial charge < -0.3 is 14.7 Å². The van der Waals surface area contributed by atoms with Gasteiger partial charge in [-0.05, 0) is 24.5 Å². The largest absolute Gasteiger partial charge is 0.480 e. The summed E-state index contributed by atoms with van der Waals surface area (Å²) in [7, 11) is 0. The van der Waals surface area contributed by atoms with Gasteiger partial charge in [-0.1, -0.05) is 11.6 Å². The maximum Gasteiger partial charge on any atom is 0.325 e. The van der Waals surface area contributed by atoms with Crippen molar-refractivity contribution >= 4 is 45.1 Å². The van der Waals surface area contributed by atoms with Crippen molar-refractivity contribution in [2.45, 2.75) is 18.9 Å². The Bertz CT molecular complexity index is 803. The van der Waals surface area contributed by atoms with Crippen LogP contribution in [0.25, 0.3) is 10.2 Å². The van der Waals surface area contributed by atoms with Crippen molar-refractivity contribution < 1.29 is 14.6 Å². The van der Waals surface area contributed by atoms with Gasteiger partial charge in [-0.2, -0.15) is 9.64 Å². The Kier molecular flexibility index (Phi) is 4.35. The number of hydrogen-bond acceptors (Lipinski definition) is 7. The molecule has 0 radical (unpaired) electrons. The lowest BCUT2D eigenvalue weighted by Gasteiger charge is -2.34. The van der Waals surface area contributed by atoms with Crippen LogP contribution in [0.1, 0.15) is 18.4 Å². The lowest BCUT2D eigenvalue weighted by molar-refractivity contribution is -0.137. The summed E-state index contributed by atoms with van der Waals surface area (Å²) in [6.07, 6.45) is 0. The van der Waals surface area contributed by atoms with Crippen LogP contribution in [0.4, 0.5) is 5.82 Å². The number of aliphatic carboxylic acids is 1. The molecule has 23 heavy (non-hydrogen) atoms. The van der Waals surface area contributed by atoms with Gasteiger partial charge in [0.2, 0.25) is 0 Å². The molecule has 0 aromatic carbocycles. The number of nitrogens with zero attached hydrogens (tertiary/aromatic N) is 4. The fraction of sp³-hybridized carbons (Fsp3) is 0.429. The number of morpholine rings is 1. The summed E-state index contributed by atoms with van der Waals surface area (Å²) < 4.78 is 9.99. The molecular weight excluding hydrogens is 340 g/mol. The first-order valence-corrected chi connectivity index (χ1v) is 8.10. The first-order chi connectivity index (χ1) is 11.0. The summed E-state index contributed by atoms with van der Waals surface area (Å²) in [4.78, 5) is 18.0. The lowest BCUT2D eigenvalue weighted by Crippen LogP contribution is -2.44. The van der Waals surface area contributed by atoms with Crippen molar-refractivity contribution in [2.75, 3.05) is 24.7 Å². The van der Waals surface area contributed by atoms with Crippen molar-refractivity contribution in [1.29, 1.82) is 5.26 Å². The molecule has 3 rings (SSSR count). The molecule has 1 unspecified atom stereocenters. The van der Waals surface area contributed by atoms with Crippen LogP contribution < -0.4 is 4.90 Å². The average Bonchev–Trinajstić information content (AvgIpc) is 2.89. The summed E-state index contributed by atoms with van der Waals surface area (Å²) >= 11 is 7.14. The molecule has 0 saturated carbocycles. The van der Waals surface area contributed by atoms with Crippen LogP contribution in [-0.2, 0) is 9.53 Å². The minimum atomic E-state index is -1.29. The van der Waals surface area contributed by atoms with Crippen molar-refractivity contribution in [3.8, 4) is 6.07 Å². The van der Waals surface area contributed by atoms with Gasteiger partial charge in [0, 0.05) is 12.1 Å². The third kappa shape index (κ3) is 2.83. The second kappa shape index (κ2) is 6.28. The minimum Gasteiger partial charge on any atom is -0.480 e. The Morgan fingerprint density at radius 3 is 3.13 bits per heavy atom. The van der Waals surface area contributed by atoms with E-state index in [0.29, 0.717) is 41.4 Å². The summed E-state index contributed by atoms with van der Waals surface area (Å²) in [6, 6.07) is 3.57. The number of fused-ring (bicyclic) bond motifs is 1. The van der Waals surface area contributed by atoms with E-state index in [0.717, 1.165) is 11.5 Å². The van der Waals surface area contributed by atoms with E-state index in [1.807, 2.05) is 17.9 Å². The van der Waals surface area contributed by atoms with Crippen LogP contribution >= 0.6 is 23.1 Å². The zero-order chi connectivity index (χ0) is 16.6. The first kappa shape index (κ1) is 15.9. The molecule has 1 fully saturated rings. The number of halogens is 1. The van der Waals surface area contributed by atoms with E-state index in [-0.39, 0.29) is 11.2 Å². The maximum atomic E-state index is 11.4. The van der Waals surface area contributed by atoms with Gasteiger partial charge in [0.1, 0.15) is 11.3 Å². The molecule has 0 bridgehead atoms. The topological polar surface area (TPSA) is 99.3 Å². The number of rotatable bonds is 3. The van der Waals surface area contributed by atoms with Crippen LogP contribution in [0.5, 0.6) is 0 Å². The molecule has 7 nitrogen and oxygen atoms in total. The summed E-state index contributed by atoms with van der Waals surface area (Å²) in [5.74, 6) is -1.90. The van der Waals surface area contributed by atoms with Crippen LogP contribution in [0.15, 0.2) is 6.07 Å². The quantitative estimate of drug-likeness (QED) is 0.904. The van der Waals surface area contributed by atoms with Gasteiger partial charge in [-0.3, -0.25) is 4.79 Å². The lowest BCUT2D eigenvalue weighted by atomic mass is 10.0. The molecule has 3 heterocycles. The normalized spacial score (nSPS) is 19.5. The number of nitriles is 1. The number of carboxylic acids is 1. The Balaban J connectivity index is 2.18. The predicted molar refractivity (Wildman–Crippen MR) is 86.0 cm³/mol. The maximum absolute atomic E-state index is 11.4. The van der Waals surface area contributed by atoms with E-state index < -0.39 is 11.9 Å². The third-order valence-corrected chi connectivity index (χ3v) is 5.00. The molecule has 9 heteroatoms. The molecule has 0 aliphatic carbocycles. The number of anilines is 1. The molecular formula is C14H13ClN4O3S. The van der Waals surface area contributed by atoms with E-state index in [4.69, 9.17) is 16.3 Å². The van der Waals surface area contributed by atoms with Crippen LogP contribution in [-0.4, -0.2) is 46.2 Å². The Morgan fingerprint density at radius 1 is 1.70 bits per heavy atom. The fourth-order valence-corrected chi connectivity index (χ4v) is 3.66. The summed E-state index contributed by atoms with van der Waals surface area (Å²) in [5.41, 5.74) is 0.812. The van der Waals surface area contributed by atoms with E-state index >= 15 is 0 Å². The first-order valence-electron chi connectivity index (χ1n) is 6.95. The van der Waals surface area contributed by atoms with Gasteiger partial charge in [-0.25, -0.2) is 4.98 Å². The number of aromatic nitrogens is 2. The summed E-state index contributed by atoms with van der Waals surface area (Å²) in [5, 5.41) is 18.8. The number of pyridine rings is 1. The number of carbonyl (C=O) groups is 1. The Hall–Kier alpha value is -1.95. The van der Waals surface area contributed by atoms with Crippen LogP contribution in [0, 0.1) is 11.3 Å². The number of hydrogen-bond donors (Lipinski definition) is 1. The SMILES string of the molecule is C[C@@H]1COCCN1c1cc(C(C#N)C(=O)O)c2snc(Cl)c2n1. The molecule has 2 atom stereocenters. The Labute approximate surface area is 141 Å². The van der Waals surface area contributed by atoms with Crippen LogP contribution in [0.3, 0.4) is 0 Å². The van der Waals surface area contributed by atoms with Gasteiger partial charge >= 0.3 is 5.97 Å². The molecule has 1 aliphatic rings. The monoisotopic (exact) mass is 352 g/mol.